The monoisotopic (exact) mass is 480 g/mol. The number of benzene rings is 3. The summed E-state index contributed by atoms with van der Waals surface area (Å²) in [6, 6.07) is 20.1. The number of amides is 1. The number of sulfonamides is 1. The van der Waals surface area contributed by atoms with Crippen LogP contribution in [-0.4, -0.2) is 20.4 Å². The fourth-order valence-electron chi connectivity index (χ4n) is 2.55. The standard InChI is InChI=1S/C21H18Cl2N2O3S2/c1-14(25-30(27,28)20-13-15(22)11-12-17(20)23)21(26)24-18-9-5-6-10-19(18)29-16-7-3-2-4-8-16/h2-14,25H,1H3,(H,24,26)/t14-/m0/s1. The smallest absolute Gasteiger partial charge is 0.242 e. The van der Waals surface area contributed by atoms with Crippen LogP contribution in [0, 0.1) is 0 Å². The Bertz CT molecular complexity index is 1160. The van der Waals surface area contributed by atoms with E-state index in [1.165, 1.54) is 36.9 Å². The van der Waals surface area contributed by atoms with Crippen molar-refractivity contribution >= 4 is 56.6 Å². The molecule has 0 heterocycles. The van der Waals surface area contributed by atoms with Crippen molar-refractivity contribution in [3.05, 3.63) is 82.8 Å². The maximum absolute atomic E-state index is 12.7. The minimum absolute atomic E-state index is 0.0177. The fourth-order valence-corrected chi connectivity index (χ4v) is 5.44. The topological polar surface area (TPSA) is 75.3 Å². The van der Waals surface area contributed by atoms with Gasteiger partial charge in [0.15, 0.2) is 0 Å². The number of carbonyl (C=O) groups excluding carboxylic acids is 1. The zero-order valence-corrected chi connectivity index (χ0v) is 18.9. The maximum atomic E-state index is 12.7. The molecule has 156 valence electrons. The molecule has 9 heteroatoms. The van der Waals surface area contributed by atoms with Gasteiger partial charge in [-0.3, -0.25) is 4.79 Å². The van der Waals surface area contributed by atoms with E-state index in [0.29, 0.717) is 5.69 Å². The van der Waals surface area contributed by atoms with Crippen LogP contribution in [0.5, 0.6) is 0 Å². The van der Waals surface area contributed by atoms with Crippen LogP contribution in [0.4, 0.5) is 5.69 Å². The summed E-state index contributed by atoms with van der Waals surface area (Å²) in [5.74, 6) is -0.502. The molecule has 30 heavy (non-hydrogen) atoms. The number of para-hydroxylation sites is 1. The third-order valence-electron chi connectivity index (χ3n) is 4.02. The van der Waals surface area contributed by atoms with E-state index >= 15 is 0 Å². The Balaban J connectivity index is 1.74. The second-order valence-corrected chi connectivity index (χ2v) is 9.96. The molecular formula is C21H18Cl2N2O3S2. The van der Waals surface area contributed by atoms with E-state index in [9.17, 15) is 13.2 Å². The van der Waals surface area contributed by atoms with Gasteiger partial charge in [0.1, 0.15) is 4.90 Å². The summed E-state index contributed by atoms with van der Waals surface area (Å²) in [6.45, 7) is 1.46. The predicted molar refractivity (Wildman–Crippen MR) is 122 cm³/mol. The summed E-state index contributed by atoms with van der Waals surface area (Å²) in [7, 11) is -4.04. The molecule has 0 unspecified atom stereocenters. The number of nitrogens with one attached hydrogen (secondary N) is 2. The number of rotatable bonds is 7. The van der Waals surface area contributed by atoms with Crippen LogP contribution in [0.15, 0.2) is 87.5 Å². The minimum Gasteiger partial charge on any atom is -0.324 e. The van der Waals surface area contributed by atoms with E-state index in [1.54, 1.807) is 12.1 Å². The molecule has 0 aliphatic rings. The second kappa shape index (κ2) is 9.85. The molecule has 5 nitrogen and oxygen atoms in total. The normalized spacial score (nSPS) is 12.4. The molecule has 0 bridgehead atoms. The molecule has 0 saturated heterocycles. The minimum atomic E-state index is -4.04. The van der Waals surface area contributed by atoms with Crippen LogP contribution in [0.1, 0.15) is 6.92 Å². The van der Waals surface area contributed by atoms with Crippen molar-refractivity contribution in [3.63, 3.8) is 0 Å². The lowest BCUT2D eigenvalue weighted by atomic mass is 10.3. The highest BCUT2D eigenvalue weighted by Gasteiger charge is 2.25. The zero-order chi connectivity index (χ0) is 21.7. The first-order valence-electron chi connectivity index (χ1n) is 8.86. The first kappa shape index (κ1) is 22.7. The highest BCUT2D eigenvalue weighted by Crippen LogP contribution is 2.33. The summed E-state index contributed by atoms with van der Waals surface area (Å²) in [5, 5.41) is 3.03. The molecular weight excluding hydrogens is 463 g/mol. The van der Waals surface area contributed by atoms with Gasteiger partial charge in [-0.25, -0.2) is 8.42 Å². The van der Waals surface area contributed by atoms with E-state index < -0.39 is 22.0 Å². The summed E-state index contributed by atoms with van der Waals surface area (Å²) >= 11 is 13.4. The van der Waals surface area contributed by atoms with Crippen molar-refractivity contribution in [2.24, 2.45) is 0 Å². The van der Waals surface area contributed by atoms with Crippen LogP contribution in [0.2, 0.25) is 10.0 Å². The molecule has 2 N–H and O–H groups in total. The highest BCUT2D eigenvalue weighted by atomic mass is 35.5. The van der Waals surface area contributed by atoms with Crippen LogP contribution in [0.25, 0.3) is 0 Å². The van der Waals surface area contributed by atoms with Crippen LogP contribution >= 0.6 is 35.0 Å². The Kier molecular flexibility index (Phi) is 7.44. The largest absolute Gasteiger partial charge is 0.324 e. The molecule has 3 rings (SSSR count). The summed E-state index contributed by atoms with van der Waals surface area (Å²) in [6.07, 6.45) is 0. The Labute approximate surface area is 189 Å². The van der Waals surface area contributed by atoms with E-state index in [1.807, 2.05) is 42.5 Å². The molecule has 3 aromatic rings. The fraction of sp³-hybridized carbons (Fsp3) is 0.0952. The Morgan fingerprint density at radius 2 is 1.63 bits per heavy atom. The average Bonchev–Trinajstić information content (AvgIpc) is 2.71. The second-order valence-electron chi connectivity index (χ2n) is 6.32. The average molecular weight is 481 g/mol. The van der Waals surface area contributed by atoms with Gasteiger partial charge in [-0.2, -0.15) is 4.72 Å². The third-order valence-corrected chi connectivity index (χ3v) is 7.37. The lowest BCUT2D eigenvalue weighted by molar-refractivity contribution is -0.117. The lowest BCUT2D eigenvalue weighted by Crippen LogP contribution is -2.41. The molecule has 0 radical (unpaired) electrons. The van der Waals surface area contributed by atoms with Gasteiger partial charge in [0.05, 0.1) is 16.8 Å². The van der Waals surface area contributed by atoms with Crippen molar-refractivity contribution in [1.29, 1.82) is 0 Å². The molecule has 0 spiro atoms. The number of hydrogen-bond donors (Lipinski definition) is 2. The van der Waals surface area contributed by atoms with Gasteiger partial charge < -0.3 is 5.32 Å². The van der Waals surface area contributed by atoms with Gasteiger partial charge in [0.25, 0.3) is 0 Å². The molecule has 1 atom stereocenters. The number of carbonyl (C=O) groups is 1. The highest BCUT2D eigenvalue weighted by molar-refractivity contribution is 7.99. The van der Waals surface area contributed by atoms with E-state index in [0.717, 1.165) is 9.79 Å². The van der Waals surface area contributed by atoms with Crippen LogP contribution in [-0.2, 0) is 14.8 Å². The van der Waals surface area contributed by atoms with Gasteiger partial charge in [-0.05, 0) is 49.4 Å². The summed E-state index contributed by atoms with van der Waals surface area (Å²) in [5.41, 5.74) is 0.586. The Hall–Kier alpha value is -2.03. The van der Waals surface area contributed by atoms with Crippen LogP contribution < -0.4 is 10.0 Å². The number of anilines is 1. The van der Waals surface area contributed by atoms with E-state index in [-0.39, 0.29) is 14.9 Å². The van der Waals surface area contributed by atoms with Gasteiger partial charge in [0, 0.05) is 14.8 Å². The maximum Gasteiger partial charge on any atom is 0.242 e. The van der Waals surface area contributed by atoms with Gasteiger partial charge in [0.2, 0.25) is 15.9 Å². The molecule has 0 aliphatic carbocycles. The molecule has 0 saturated carbocycles. The van der Waals surface area contributed by atoms with Gasteiger partial charge >= 0.3 is 0 Å². The van der Waals surface area contributed by atoms with E-state index in [4.69, 9.17) is 23.2 Å². The van der Waals surface area contributed by atoms with Crippen molar-refractivity contribution in [3.8, 4) is 0 Å². The molecule has 1 amide bonds. The van der Waals surface area contributed by atoms with Crippen molar-refractivity contribution in [1.82, 2.24) is 4.72 Å². The Morgan fingerprint density at radius 3 is 2.37 bits per heavy atom. The first-order valence-corrected chi connectivity index (χ1v) is 11.9. The van der Waals surface area contributed by atoms with Crippen molar-refractivity contribution in [2.75, 3.05) is 5.32 Å². The van der Waals surface area contributed by atoms with E-state index in [2.05, 4.69) is 10.0 Å². The summed E-state index contributed by atoms with van der Waals surface area (Å²) < 4.78 is 27.6. The number of halogens is 2. The van der Waals surface area contributed by atoms with Gasteiger partial charge in [-0.15, -0.1) is 0 Å². The zero-order valence-electron chi connectivity index (χ0n) is 15.8. The quantitative estimate of drug-likeness (QED) is 0.471. The first-order chi connectivity index (χ1) is 14.3. The SMILES string of the molecule is C[C@H](NS(=O)(=O)c1cc(Cl)ccc1Cl)C(=O)Nc1ccccc1Sc1ccccc1. The molecule has 0 aliphatic heterocycles. The predicted octanol–water partition coefficient (Wildman–Crippen LogP) is 5.45. The van der Waals surface area contributed by atoms with Gasteiger partial charge in [-0.1, -0.05) is 65.3 Å². The van der Waals surface area contributed by atoms with Crippen molar-refractivity contribution in [2.45, 2.75) is 27.7 Å². The third kappa shape index (κ3) is 5.77. The molecule has 0 fully saturated rings. The molecule has 3 aromatic carbocycles. The Morgan fingerprint density at radius 1 is 0.967 bits per heavy atom. The summed E-state index contributed by atoms with van der Waals surface area (Å²) in [4.78, 5) is 14.3. The van der Waals surface area contributed by atoms with Crippen molar-refractivity contribution < 1.29 is 13.2 Å². The lowest BCUT2D eigenvalue weighted by Gasteiger charge is -2.17. The van der Waals surface area contributed by atoms with Crippen LogP contribution in [0.3, 0.4) is 0 Å². The number of hydrogen-bond acceptors (Lipinski definition) is 4. The molecule has 0 aromatic heterocycles.